The highest BCUT2D eigenvalue weighted by Crippen LogP contribution is 2.21. The molecular formula is C13H22N4O2. The topological polar surface area (TPSA) is 73.4 Å². The number of likely N-dealkylation sites (tertiary alicyclic amines) is 1. The Labute approximate surface area is 113 Å². The van der Waals surface area contributed by atoms with Crippen molar-refractivity contribution in [3.63, 3.8) is 0 Å². The van der Waals surface area contributed by atoms with Gasteiger partial charge in [-0.3, -0.25) is 9.48 Å². The molecule has 2 rings (SSSR count). The molecule has 106 valence electrons. The monoisotopic (exact) mass is 266 g/mol. The molecular weight excluding hydrogens is 244 g/mol. The van der Waals surface area contributed by atoms with Gasteiger partial charge in [-0.15, -0.1) is 0 Å². The zero-order valence-corrected chi connectivity index (χ0v) is 11.8. The minimum atomic E-state index is -0.0319. The van der Waals surface area contributed by atoms with Crippen molar-refractivity contribution >= 4 is 11.6 Å². The van der Waals surface area contributed by atoms with Gasteiger partial charge in [-0.2, -0.15) is 5.10 Å². The largest absolute Gasteiger partial charge is 0.395 e. The zero-order chi connectivity index (χ0) is 14.0. The summed E-state index contributed by atoms with van der Waals surface area (Å²) in [6, 6.07) is 0. The first-order valence-corrected chi connectivity index (χ1v) is 6.74. The molecule has 6 heteroatoms. The number of amides is 1. The summed E-state index contributed by atoms with van der Waals surface area (Å²) in [6.45, 7) is 5.97. The molecule has 1 amide bonds. The van der Waals surface area contributed by atoms with Gasteiger partial charge in [0.25, 0.3) is 5.91 Å². The van der Waals surface area contributed by atoms with E-state index >= 15 is 0 Å². The van der Waals surface area contributed by atoms with Crippen molar-refractivity contribution in [3.05, 3.63) is 11.4 Å². The molecule has 0 saturated carbocycles. The number of hydrogen-bond donors (Lipinski definition) is 1. The maximum Gasteiger partial charge on any atom is 0.274 e. The zero-order valence-electron chi connectivity index (χ0n) is 11.8. The molecule has 0 bridgehead atoms. The Morgan fingerprint density at radius 1 is 1.47 bits per heavy atom. The molecule has 1 aromatic rings. The van der Waals surface area contributed by atoms with E-state index in [0.717, 1.165) is 19.4 Å². The summed E-state index contributed by atoms with van der Waals surface area (Å²) in [7, 11) is 1.75. The molecule has 19 heavy (non-hydrogen) atoms. The Hall–Kier alpha value is -1.56. The summed E-state index contributed by atoms with van der Waals surface area (Å²) >= 11 is 0. The van der Waals surface area contributed by atoms with Gasteiger partial charge in [0.15, 0.2) is 0 Å². The van der Waals surface area contributed by atoms with E-state index in [0.29, 0.717) is 30.2 Å². The van der Waals surface area contributed by atoms with E-state index in [1.807, 2.05) is 18.7 Å². The number of ether oxygens (including phenoxy) is 1. The Morgan fingerprint density at radius 3 is 2.58 bits per heavy atom. The van der Waals surface area contributed by atoms with Gasteiger partial charge in [0.1, 0.15) is 5.69 Å². The minimum absolute atomic E-state index is 0.0319. The first-order chi connectivity index (χ1) is 9.04. The van der Waals surface area contributed by atoms with Crippen molar-refractivity contribution in [1.82, 2.24) is 14.7 Å². The number of aryl methyl sites for hydroxylation is 2. The molecule has 2 heterocycles. The van der Waals surface area contributed by atoms with Crippen LogP contribution in [0.4, 0.5) is 5.69 Å². The molecule has 0 aromatic carbocycles. The fourth-order valence-corrected chi connectivity index (χ4v) is 2.54. The van der Waals surface area contributed by atoms with Gasteiger partial charge < -0.3 is 15.4 Å². The molecule has 0 atom stereocenters. The van der Waals surface area contributed by atoms with Gasteiger partial charge >= 0.3 is 0 Å². The lowest BCUT2D eigenvalue weighted by Gasteiger charge is -2.31. The third-order valence-corrected chi connectivity index (χ3v) is 3.60. The predicted octanol–water partition coefficient (Wildman–Crippen LogP) is 0.952. The number of nitrogens with two attached hydrogens (primary N) is 1. The highest BCUT2D eigenvalue weighted by atomic mass is 16.5. The summed E-state index contributed by atoms with van der Waals surface area (Å²) in [5.41, 5.74) is 7.61. The second kappa shape index (κ2) is 5.61. The fourth-order valence-electron chi connectivity index (χ4n) is 2.54. The lowest BCUT2D eigenvalue weighted by molar-refractivity contribution is 0.0143. The molecule has 6 nitrogen and oxygen atoms in total. The molecule has 1 aliphatic heterocycles. The molecule has 1 fully saturated rings. The van der Waals surface area contributed by atoms with Crippen LogP contribution in [0.5, 0.6) is 0 Å². The number of aromatic nitrogens is 2. The standard InChI is InChI=1S/C13H22N4O2/c1-4-19-10-5-7-17(8-6-10)13(18)12-11(14)9(2)15-16(12)3/h10H,4-8,14H2,1-3H3. The van der Waals surface area contributed by atoms with E-state index < -0.39 is 0 Å². The first-order valence-electron chi connectivity index (χ1n) is 6.74. The van der Waals surface area contributed by atoms with E-state index in [1.165, 1.54) is 0 Å². The van der Waals surface area contributed by atoms with Crippen LogP contribution in [0.1, 0.15) is 35.9 Å². The number of anilines is 1. The lowest BCUT2D eigenvalue weighted by atomic mass is 10.1. The van der Waals surface area contributed by atoms with Gasteiger partial charge in [-0.25, -0.2) is 0 Å². The van der Waals surface area contributed by atoms with Crippen molar-refractivity contribution in [1.29, 1.82) is 0 Å². The second-order valence-electron chi connectivity index (χ2n) is 4.92. The van der Waals surface area contributed by atoms with E-state index in [-0.39, 0.29) is 12.0 Å². The van der Waals surface area contributed by atoms with Crippen molar-refractivity contribution in [2.24, 2.45) is 7.05 Å². The number of nitrogens with zero attached hydrogens (tertiary/aromatic N) is 3. The van der Waals surface area contributed by atoms with Gasteiger partial charge in [-0.1, -0.05) is 0 Å². The average Bonchev–Trinajstić information content (AvgIpc) is 2.64. The molecule has 1 saturated heterocycles. The molecule has 0 spiro atoms. The lowest BCUT2D eigenvalue weighted by Crippen LogP contribution is -2.41. The number of hydrogen-bond acceptors (Lipinski definition) is 4. The van der Waals surface area contributed by atoms with Gasteiger partial charge in [0.05, 0.1) is 17.5 Å². The van der Waals surface area contributed by atoms with Crippen LogP contribution in [0.15, 0.2) is 0 Å². The van der Waals surface area contributed by atoms with Crippen LogP contribution in [-0.2, 0) is 11.8 Å². The van der Waals surface area contributed by atoms with Crippen molar-refractivity contribution in [2.45, 2.75) is 32.8 Å². The summed E-state index contributed by atoms with van der Waals surface area (Å²) in [6.07, 6.45) is 2.05. The molecule has 1 aliphatic rings. The summed E-state index contributed by atoms with van der Waals surface area (Å²) < 4.78 is 7.16. The summed E-state index contributed by atoms with van der Waals surface area (Å²) in [5, 5.41) is 4.19. The summed E-state index contributed by atoms with van der Waals surface area (Å²) in [4.78, 5) is 14.3. The van der Waals surface area contributed by atoms with Gasteiger partial charge in [0.2, 0.25) is 0 Å². The first kappa shape index (κ1) is 13.9. The van der Waals surface area contributed by atoms with Crippen molar-refractivity contribution < 1.29 is 9.53 Å². The van der Waals surface area contributed by atoms with Crippen LogP contribution in [0.2, 0.25) is 0 Å². The van der Waals surface area contributed by atoms with Crippen LogP contribution >= 0.6 is 0 Å². The normalized spacial score (nSPS) is 16.9. The van der Waals surface area contributed by atoms with Crippen LogP contribution in [0.25, 0.3) is 0 Å². The number of carbonyl (C=O) groups excluding carboxylic acids is 1. The van der Waals surface area contributed by atoms with Crippen LogP contribution < -0.4 is 5.73 Å². The third-order valence-electron chi connectivity index (χ3n) is 3.60. The van der Waals surface area contributed by atoms with E-state index in [1.54, 1.807) is 11.7 Å². The molecule has 0 unspecified atom stereocenters. The number of rotatable bonds is 3. The highest BCUT2D eigenvalue weighted by molar-refractivity contribution is 5.98. The van der Waals surface area contributed by atoms with E-state index in [9.17, 15) is 4.79 Å². The SMILES string of the molecule is CCOC1CCN(C(=O)c2c(N)c(C)nn2C)CC1. The fraction of sp³-hybridized carbons (Fsp3) is 0.692. The maximum atomic E-state index is 12.5. The predicted molar refractivity (Wildman–Crippen MR) is 72.9 cm³/mol. The molecule has 2 N–H and O–H groups in total. The highest BCUT2D eigenvalue weighted by Gasteiger charge is 2.27. The Balaban J connectivity index is 2.05. The van der Waals surface area contributed by atoms with Crippen molar-refractivity contribution in [2.75, 3.05) is 25.4 Å². The van der Waals surface area contributed by atoms with Gasteiger partial charge in [-0.05, 0) is 26.7 Å². The van der Waals surface area contributed by atoms with Crippen molar-refractivity contribution in [3.8, 4) is 0 Å². The Bertz CT molecular complexity index is 461. The van der Waals surface area contributed by atoms with Gasteiger partial charge in [0, 0.05) is 26.7 Å². The minimum Gasteiger partial charge on any atom is -0.395 e. The molecule has 1 aromatic heterocycles. The van der Waals surface area contributed by atoms with E-state index in [4.69, 9.17) is 10.5 Å². The second-order valence-corrected chi connectivity index (χ2v) is 4.92. The number of carbonyl (C=O) groups is 1. The smallest absolute Gasteiger partial charge is 0.274 e. The average molecular weight is 266 g/mol. The Morgan fingerprint density at radius 2 is 2.11 bits per heavy atom. The Kier molecular flexibility index (Phi) is 4.09. The number of piperidine rings is 1. The molecule has 0 radical (unpaired) electrons. The van der Waals surface area contributed by atoms with Crippen LogP contribution in [-0.4, -0.2) is 46.4 Å². The summed E-state index contributed by atoms with van der Waals surface area (Å²) in [5.74, 6) is -0.0319. The third kappa shape index (κ3) is 2.73. The molecule has 0 aliphatic carbocycles. The maximum absolute atomic E-state index is 12.5. The van der Waals surface area contributed by atoms with E-state index in [2.05, 4.69) is 5.10 Å². The van der Waals surface area contributed by atoms with Crippen LogP contribution in [0, 0.1) is 6.92 Å². The quantitative estimate of drug-likeness (QED) is 0.884. The van der Waals surface area contributed by atoms with Crippen LogP contribution in [0.3, 0.4) is 0 Å². The number of nitrogen functional groups attached to an aromatic ring is 1.